The molecule has 0 aliphatic carbocycles. The molecule has 0 spiro atoms. The van der Waals surface area contributed by atoms with E-state index < -0.39 is 9.84 Å². The molecule has 1 aromatic heterocycles. The zero-order chi connectivity index (χ0) is 12.5. The number of rotatable bonds is 1. The number of hydrogen-bond acceptors (Lipinski definition) is 5. The first kappa shape index (κ1) is 11.8. The molecule has 6 nitrogen and oxygen atoms in total. The van der Waals surface area contributed by atoms with Crippen LogP contribution in [0.1, 0.15) is 10.4 Å². The molecule has 17 heavy (non-hydrogen) atoms. The van der Waals surface area contributed by atoms with Crippen molar-refractivity contribution in [3.05, 3.63) is 24.0 Å². The molecule has 1 aliphatic rings. The van der Waals surface area contributed by atoms with Crippen LogP contribution >= 0.6 is 0 Å². The molecule has 1 aromatic rings. The van der Waals surface area contributed by atoms with Crippen LogP contribution in [0.15, 0.2) is 18.5 Å². The van der Waals surface area contributed by atoms with Crippen LogP contribution < -0.4 is 0 Å². The largest absolute Gasteiger partial charge is 0.506 e. The zero-order valence-corrected chi connectivity index (χ0v) is 9.85. The quantitative estimate of drug-likeness (QED) is 0.742. The van der Waals surface area contributed by atoms with E-state index in [-0.39, 0.29) is 41.8 Å². The Bertz CT molecular complexity index is 527. The molecule has 0 radical (unpaired) electrons. The number of pyridine rings is 1. The van der Waals surface area contributed by atoms with Crippen molar-refractivity contribution in [3.63, 3.8) is 0 Å². The van der Waals surface area contributed by atoms with Gasteiger partial charge in [0.2, 0.25) is 0 Å². The molecular weight excluding hydrogens is 244 g/mol. The van der Waals surface area contributed by atoms with Crippen LogP contribution in [0, 0.1) is 0 Å². The van der Waals surface area contributed by atoms with Gasteiger partial charge in [0.25, 0.3) is 5.91 Å². The molecule has 1 fully saturated rings. The van der Waals surface area contributed by atoms with Gasteiger partial charge in [0, 0.05) is 19.3 Å². The van der Waals surface area contributed by atoms with Crippen molar-refractivity contribution in [1.29, 1.82) is 0 Å². The van der Waals surface area contributed by atoms with E-state index in [1.165, 1.54) is 23.4 Å². The molecule has 0 saturated carbocycles. The van der Waals surface area contributed by atoms with E-state index in [1.54, 1.807) is 0 Å². The third-order valence-electron chi connectivity index (χ3n) is 2.60. The average Bonchev–Trinajstić information content (AvgIpc) is 2.28. The highest BCUT2D eigenvalue weighted by molar-refractivity contribution is 7.91. The van der Waals surface area contributed by atoms with Crippen LogP contribution in [-0.2, 0) is 9.84 Å². The van der Waals surface area contributed by atoms with Crippen LogP contribution in [-0.4, -0.2) is 53.9 Å². The second kappa shape index (κ2) is 4.33. The Kier molecular flexibility index (Phi) is 3.01. The van der Waals surface area contributed by atoms with Crippen molar-refractivity contribution >= 4 is 15.7 Å². The summed E-state index contributed by atoms with van der Waals surface area (Å²) in [6, 6.07) is 1.32. The molecule has 2 heterocycles. The molecule has 1 saturated heterocycles. The fourth-order valence-electron chi connectivity index (χ4n) is 1.64. The summed E-state index contributed by atoms with van der Waals surface area (Å²) in [6.07, 6.45) is 2.59. The third kappa shape index (κ3) is 2.73. The number of hydrogen-bond donors (Lipinski definition) is 1. The Morgan fingerprint density at radius 3 is 2.53 bits per heavy atom. The lowest BCUT2D eigenvalue weighted by molar-refractivity contribution is 0.0769. The van der Waals surface area contributed by atoms with E-state index >= 15 is 0 Å². The molecule has 92 valence electrons. The second-order valence-electron chi connectivity index (χ2n) is 3.88. The Hall–Kier alpha value is -1.63. The van der Waals surface area contributed by atoms with Crippen LogP contribution in [0.5, 0.6) is 5.75 Å². The number of carbonyl (C=O) groups is 1. The predicted octanol–water partition coefficient (Wildman–Crippen LogP) is -0.342. The highest BCUT2D eigenvalue weighted by Crippen LogP contribution is 2.13. The maximum atomic E-state index is 11.9. The van der Waals surface area contributed by atoms with Crippen molar-refractivity contribution < 1.29 is 18.3 Å². The van der Waals surface area contributed by atoms with Gasteiger partial charge in [-0.3, -0.25) is 9.78 Å². The second-order valence-corrected chi connectivity index (χ2v) is 6.18. The number of amides is 1. The lowest BCUT2D eigenvalue weighted by Crippen LogP contribution is -2.43. The fourth-order valence-corrected chi connectivity index (χ4v) is 2.84. The van der Waals surface area contributed by atoms with Gasteiger partial charge in [-0.25, -0.2) is 8.42 Å². The number of carbonyl (C=O) groups excluding carboxylic acids is 1. The predicted molar refractivity (Wildman–Crippen MR) is 60.5 cm³/mol. The summed E-state index contributed by atoms with van der Waals surface area (Å²) in [5.74, 6) is -0.403. The summed E-state index contributed by atoms with van der Waals surface area (Å²) in [4.78, 5) is 17.1. The summed E-state index contributed by atoms with van der Waals surface area (Å²) in [5, 5.41) is 9.21. The monoisotopic (exact) mass is 256 g/mol. The Morgan fingerprint density at radius 2 is 1.94 bits per heavy atom. The Morgan fingerprint density at radius 1 is 1.29 bits per heavy atom. The summed E-state index contributed by atoms with van der Waals surface area (Å²) in [5.41, 5.74) is 0.268. The molecule has 1 aliphatic heterocycles. The van der Waals surface area contributed by atoms with Gasteiger partial charge >= 0.3 is 0 Å². The highest BCUT2D eigenvalue weighted by Gasteiger charge is 2.25. The van der Waals surface area contributed by atoms with Crippen molar-refractivity contribution in [3.8, 4) is 5.75 Å². The van der Waals surface area contributed by atoms with Gasteiger partial charge in [-0.1, -0.05) is 0 Å². The minimum Gasteiger partial charge on any atom is -0.506 e. The normalized spacial score (nSPS) is 18.9. The molecule has 1 N–H and O–H groups in total. The lowest BCUT2D eigenvalue weighted by atomic mass is 10.2. The summed E-state index contributed by atoms with van der Waals surface area (Å²) in [7, 11) is -3.00. The molecule has 2 rings (SSSR count). The number of sulfone groups is 1. The SMILES string of the molecule is O=C(c1cncc(O)c1)N1CCS(=O)(=O)CC1. The summed E-state index contributed by atoms with van der Waals surface area (Å²) in [6.45, 7) is 0.383. The van der Waals surface area contributed by atoms with Crippen molar-refractivity contribution in [2.75, 3.05) is 24.6 Å². The van der Waals surface area contributed by atoms with Crippen molar-refractivity contribution in [1.82, 2.24) is 9.88 Å². The van der Waals surface area contributed by atoms with E-state index in [0.717, 1.165) is 0 Å². The van der Waals surface area contributed by atoms with Crippen LogP contribution in [0.3, 0.4) is 0 Å². The minimum absolute atomic E-state index is 0.00894. The topological polar surface area (TPSA) is 87.6 Å². The maximum absolute atomic E-state index is 11.9. The van der Waals surface area contributed by atoms with Crippen molar-refractivity contribution in [2.45, 2.75) is 0 Å². The lowest BCUT2D eigenvalue weighted by Gasteiger charge is -2.26. The highest BCUT2D eigenvalue weighted by atomic mass is 32.2. The molecule has 7 heteroatoms. The standard InChI is InChI=1S/C10H12N2O4S/c13-9-5-8(6-11-7-9)10(14)12-1-3-17(15,16)4-2-12/h5-7,13H,1-4H2. The van der Waals surface area contributed by atoms with E-state index in [1.807, 2.05) is 0 Å². The Labute approximate surface area is 98.8 Å². The first-order chi connectivity index (χ1) is 7.98. The van der Waals surface area contributed by atoms with Gasteiger partial charge in [0.1, 0.15) is 5.75 Å². The Balaban J connectivity index is 2.12. The molecule has 1 amide bonds. The number of aromatic nitrogens is 1. The first-order valence-electron chi connectivity index (χ1n) is 5.12. The zero-order valence-electron chi connectivity index (χ0n) is 9.04. The summed E-state index contributed by atoms with van der Waals surface area (Å²) < 4.78 is 22.4. The number of aromatic hydroxyl groups is 1. The molecule has 0 bridgehead atoms. The van der Waals surface area contributed by atoms with Gasteiger partial charge in [0.15, 0.2) is 9.84 Å². The van der Waals surface area contributed by atoms with E-state index in [4.69, 9.17) is 0 Å². The molecular formula is C10H12N2O4S. The average molecular weight is 256 g/mol. The van der Waals surface area contributed by atoms with Gasteiger partial charge in [-0.2, -0.15) is 0 Å². The fraction of sp³-hybridized carbons (Fsp3) is 0.400. The third-order valence-corrected chi connectivity index (χ3v) is 4.21. The van der Waals surface area contributed by atoms with E-state index in [2.05, 4.69) is 4.98 Å². The minimum atomic E-state index is -3.00. The van der Waals surface area contributed by atoms with Gasteiger partial charge in [-0.15, -0.1) is 0 Å². The van der Waals surface area contributed by atoms with Crippen LogP contribution in [0.4, 0.5) is 0 Å². The molecule has 0 unspecified atom stereocenters. The summed E-state index contributed by atoms with van der Waals surface area (Å²) >= 11 is 0. The molecule has 0 aromatic carbocycles. The van der Waals surface area contributed by atoms with Crippen LogP contribution in [0.25, 0.3) is 0 Å². The van der Waals surface area contributed by atoms with E-state index in [0.29, 0.717) is 0 Å². The first-order valence-corrected chi connectivity index (χ1v) is 6.94. The smallest absolute Gasteiger partial charge is 0.255 e. The maximum Gasteiger partial charge on any atom is 0.255 e. The number of nitrogens with zero attached hydrogens (tertiary/aromatic N) is 2. The molecule has 0 atom stereocenters. The van der Waals surface area contributed by atoms with Gasteiger partial charge < -0.3 is 10.0 Å². The van der Waals surface area contributed by atoms with Gasteiger partial charge in [0.05, 0.1) is 23.3 Å². The van der Waals surface area contributed by atoms with Crippen LogP contribution in [0.2, 0.25) is 0 Å². The van der Waals surface area contributed by atoms with Crippen molar-refractivity contribution in [2.24, 2.45) is 0 Å². The van der Waals surface area contributed by atoms with E-state index in [9.17, 15) is 18.3 Å². The van der Waals surface area contributed by atoms with Gasteiger partial charge in [-0.05, 0) is 6.07 Å².